The Morgan fingerprint density at radius 1 is 1.24 bits per heavy atom. The molecule has 8 heteroatoms. The van der Waals surface area contributed by atoms with Gasteiger partial charge >= 0.3 is 0 Å². The van der Waals surface area contributed by atoms with E-state index in [0.717, 1.165) is 44.8 Å². The van der Waals surface area contributed by atoms with Crippen LogP contribution in [0.4, 0.5) is 0 Å². The fraction of sp³-hybridized carbons (Fsp3) is 0.706. The molecule has 138 valence electrons. The highest BCUT2D eigenvalue weighted by Crippen LogP contribution is 2.28. The zero-order chi connectivity index (χ0) is 18.0. The van der Waals surface area contributed by atoms with Gasteiger partial charge in [-0.3, -0.25) is 10.2 Å². The van der Waals surface area contributed by atoms with Gasteiger partial charge in [-0.25, -0.2) is 0 Å². The molecule has 3 N–H and O–H groups in total. The molecule has 0 aliphatic carbocycles. The molecule has 8 nitrogen and oxygen atoms in total. The smallest absolute Gasteiger partial charge is 0.207 e. The third-order valence-corrected chi connectivity index (χ3v) is 5.18. The minimum atomic E-state index is 0.177. The number of carbonyl (C=O) groups is 1. The molecule has 1 amide bonds. The van der Waals surface area contributed by atoms with Crippen LogP contribution in [0.2, 0.25) is 0 Å². The first kappa shape index (κ1) is 17.9. The van der Waals surface area contributed by atoms with E-state index in [1.54, 1.807) is 6.08 Å². The molecule has 2 bridgehead atoms. The summed E-state index contributed by atoms with van der Waals surface area (Å²) in [6.07, 6.45) is 3.99. The lowest BCUT2D eigenvalue weighted by Gasteiger charge is -2.47. The van der Waals surface area contributed by atoms with E-state index in [9.17, 15) is 4.79 Å². The number of piperidine rings is 1. The van der Waals surface area contributed by atoms with Crippen molar-refractivity contribution in [3.63, 3.8) is 0 Å². The summed E-state index contributed by atoms with van der Waals surface area (Å²) in [4.78, 5) is 17.1. The van der Waals surface area contributed by atoms with Crippen LogP contribution in [0, 0.1) is 10.8 Å². The first-order valence-corrected chi connectivity index (χ1v) is 8.88. The van der Waals surface area contributed by atoms with Gasteiger partial charge in [0.1, 0.15) is 5.84 Å². The van der Waals surface area contributed by atoms with Crippen LogP contribution in [0.5, 0.6) is 0 Å². The quantitative estimate of drug-likeness (QED) is 0.349. The minimum absolute atomic E-state index is 0.177. The van der Waals surface area contributed by atoms with Gasteiger partial charge in [0.05, 0.1) is 30.2 Å². The number of hydrogen-bond donors (Lipinski definition) is 3. The Morgan fingerprint density at radius 2 is 1.92 bits per heavy atom. The van der Waals surface area contributed by atoms with Crippen molar-refractivity contribution in [3.8, 4) is 0 Å². The maximum absolute atomic E-state index is 10.6. The highest BCUT2D eigenvalue weighted by Gasteiger charge is 2.39. The van der Waals surface area contributed by atoms with Gasteiger partial charge in [0.15, 0.2) is 0 Å². The van der Waals surface area contributed by atoms with Crippen molar-refractivity contribution in [3.05, 3.63) is 11.8 Å². The summed E-state index contributed by atoms with van der Waals surface area (Å²) in [5.74, 6) is 0.426. The second-order valence-corrected chi connectivity index (χ2v) is 7.22. The van der Waals surface area contributed by atoms with E-state index < -0.39 is 0 Å². The van der Waals surface area contributed by atoms with Crippen LogP contribution in [0.25, 0.3) is 0 Å². The molecule has 4 fully saturated rings. The Morgan fingerprint density at radius 3 is 2.52 bits per heavy atom. The number of amidine groups is 1. The van der Waals surface area contributed by atoms with Gasteiger partial charge < -0.3 is 30.2 Å². The van der Waals surface area contributed by atoms with E-state index in [1.165, 1.54) is 0 Å². The van der Waals surface area contributed by atoms with Gasteiger partial charge in [-0.05, 0) is 14.0 Å². The molecule has 0 aromatic rings. The first-order valence-electron chi connectivity index (χ1n) is 8.88. The number of nitrogens with zero attached hydrogens (tertiary/aromatic N) is 3. The summed E-state index contributed by atoms with van der Waals surface area (Å²) < 4.78 is 5.64. The summed E-state index contributed by atoms with van der Waals surface area (Å²) >= 11 is 0. The molecule has 0 saturated carbocycles. The van der Waals surface area contributed by atoms with Crippen LogP contribution in [0.15, 0.2) is 11.8 Å². The number of piperazine rings is 1. The van der Waals surface area contributed by atoms with Crippen LogP contribution in [0.1, 0.15) is 13.3 Å². The predicted octanol–water partition coefficient (Wildman–Crippen LogP) is -0.278. The molecule has 0 aromatic carbocycles. The van der Waals surface area contributed by atoms with Gasteiger partial charge in [0, 0.05) is 51.3 Å². The Hall–Kier alpha value is -1.93. The fourth-order valence-corrected chi connectivity index (χ4v) is 3.85. The standard InChI is InChI=1S/C17H28N6O2/c1-12-8-21(2)3-4-23(12)16(15(18)7-20-11-24)6-17(19)22-9-13-5-14(10-22)25-13/h6,11-14,18-19H,3-5,7-10H2,1-2H3,(H,20,24)/b16-6+,18-15?,19-17?. The Balaban J connectivity index is 1.76. The van der Waals surface area contributed by atoms with Gasteiger partial charge in [0.2, 0.25) is 6.41 Å². The molecular formula is C17H28N6O2. The number of fused-ring (bicyclic) bond motifs is 2. The Kier molecular flexibility index (Phi) is 5.39. The average Bonchev–Trinajstić information content (AvgIpc) is 2.57. The normalized spacial score (nSPS) is 29.8. The van der Waals surface area contributed by atoms with Gasteiger partial charge in [-0.1, -0.05) is 0 Å². The lowest BCUT2D eigenvalue weighted by atomic mass is 9.98. The number of amides is 1. The molecule has 25 heavy (non-hydrogen) atoms. The number of ether oxygens (including phenoxy) is 1. The lowest BCUT2D eigenvalue weighted by molar-refractivity contribution is -0.167. The highest BCUT2D eigenvalue weighted by atomic mass is 16.5. The van der Waals surface area contributed by atoms with E-state index in [2.05, 4.69) is 29.1 Å². The average molecular weight is 348 g/mol. The highest BCUT2D eigenvalue weighted by molar-refractivity contribution is 6.05. The summed E-state index contributed by atoms with van der Waals surface area (Å²) in [5, 5.41) is 19.5. The largest absolute Gasteiger partial charge is 0.371 e. The summed E-state index contributed by atoms with van der Waals surface area (Å²) in [7, 11) is 2.10. The molecule has 4 aliphatic heterocycles. The lowest BCUT2D eigenvalue weighted by Crippen LogP contribution is -2.58. The maximum atomic E-state index is 10.6. The molecule has 4 heterocycles. The molecule has 0 radical (unpaired) electrons. The van der Waals surface area contributed by atoms with Gasteiger partial charge in [0.25, 0.3) is 0 Å². The van der Waals surface area contributed by atoms with Crippen LogP contribution in [0.3, 0.4) is 0 Å². The number of hydrogen-bond acceptors (Lipinski definition) is 6. The molecule has 3 atom stereocenters. The van der Waals surface area contributed by atoms with Crippen molar-refractivity contribution in [2.24, 2.45) is 0 Å². The van der Waals surface area contributed by atoms with Crippen LogP contribution >= 0.6 is 0 Å². The van der Waals surface area contributed by atoms with E-state index in [1.807, 2.05) is 4.90 Å². The zero-order valence-corrected chi connectivity index (χ0v) is 15.0. The van der Waals surface area contributed by atoms with Crippen molar-refractivity contribution < 1.29 is 9.53 Å². The van der Waals surface area contributed by atoms with E-state index in [0.29, 0.717) is 18.0 Å². The van der Waals surface area contributed by atoms with E-state index >= 15 is 0 Å². The van der Waals surface area contributed by atoms with Crippen molar-refractivity contribution in [2.45, 2.75) is 31.6 Å². The summed E-state index contributed by atoms with van der Waals surface area (Å²) in [5.41, 5.74) is 1.08. The third kappa shape index (κ3) is 4.01. The molecule has 4 rings (SSSR count). The third-order valence-electron chi connectivity index (χ3n) is 5.18. The number of rotatable bonds is 6. The number of likely N-dealkylation sites (N-methyl/N-ethyl adjacent to an activating group) is 1. The fourth-order valence-electron chi connectivity index (χ4n) is 3.85. The summed E-state index contributed by atoms with van der Waals surface area (Å²) in [6.45, 7) is 6.46. The second kappa shape index (κ2) is 7.53. The topological polar surface area (TPSA) is 95.8 Å². The zero-order valence-electron chi connectivity index (χ0n) is 15.0. The van der Waals surface area contributed by atoms with Crippen molar-refractivity contribution in [1.82, 2.24) is 20.0 Å². The SMILES string of the molecule is CC1CN(C)CCN1/C(=C/C(=N)N1CC2CC(C1)O2)C(=N)CNC=O. The predicted molar refractivity (Wildman–Crippen MR) is 96.1 cm³/mol. The van der Waals surface area contributed by atoms with Gasteiger partial charge in [-0.15, -0.1) is 0 Å². The first-order chi connectivity index (χ1) is 12.0. The van der Waals surface area contributed by atoms with Crippen molar-refractivity contribution in [1.29, 1.82) is 10.8 Å². The monoisotopic (exact) mass is 348 g/mol. The maximum Gasteiger partial charge on any atom is 0.207 e. The molecule has 4 saturated heterocycles. The molecule has 3 unspecified atom stereocenters. The number of morpholine rings is 1. The minimum Gasteiger partial charge on any atom is -0.371 e. The van der Waals surface area contributed by atoms with Crippen molar-refractivity contribution in [2.75, 3.05) is 46.3 Å². The number of carbonyl (C=O) groups excluding carboxylic acids is 1. The van der Waals surface area contributed by atoms with E-state index in [4.69, 9.17) is 15.6 Å². The molecule has 0 spiro atoms. The molecule has 0 aromatic heterocycles. The second-order valence-electron chi connectivity index (χ2n) is 7.22. The van der Waals surface area contributed by atoms with Crippen molar-refractivity contribution >= 4 is 18.0 Å². The number of nitrogens with one attached hydrogen (secondary N) is 3. The Labute approximate surface area is 148 Å². The van der Waals surface area contributed by atoms with Gasteiger partial charge in [-0.2, -0.15) is 0 Å². The van der Waals surface area contributed by atoms with Crippen LogP contribution in [-0.4, -0.2) is 97.2 Å². The molecular weight excluding hydrogens is 320 g/mol. The van der Waals surface area contributed by atoms with Crippen LogP contribution in [-0.2, 0) is 9.53 Å². The Bertz CT molecular complexity index is 561. The van der Waals surface area contributed by atoms with Crippen LogP contribution < -0.4 is 5.32 Å². The molecule has 4 aliphatic rings. The summed E-state index contributed by atoms with van der Waals surface area (Å²) in [6, 6.07) is 0.257. The van der Waals surface area contributed by atoms with E-state index in [-0.39, 0.29) is 24.8 Å².